The molecule has 0 saturated heterocycles. The lowest BCUT2D eigenvalue weighted by Gasteiger charge is -2.68. The normalized spacial score (nSPS) is 23.7. The minimum atomic E-state index is -0.587. The van der Waals surface area contributed by atoms with Crippen LogP contribution in [-0.4, -0.2) is 40.3 Å². The SMILES string of the molecule is COC(=O)c1nc(Cl)ccc1N[C@H](C)c1cc(C)cc2c(=O)n(C)c(C34CC(OC)(C3)C4)nc12. The van der Waals surface area contributed by atoms with Crippen molar-refractivity contribution in [2.45, 2.75) is 50.2 Å². The van der Waals surface area contributed by atoms with Crippen molar-refractivity contribution in [1.82, 2.24) is 14.5 Å². The first-order valence-corrected chi connectivity index (χ1v) is 11.6. The smallest absolute Gasteiger partial charge is 0.358 e. The Morgan fingerprint density at radius 1 is 1.21 bits per heavy atom. The molecule has 2 aromatic heterocycles. The number of rotatable bonds is 6. The number of nitrogens with one attached hydrogen (secondary N) is 1. The molecule has 3 fully saturated rings. The molecule has 3 saturated carbocycles. The molecular weight excluding hydrogens is 456 g/mol. The summed E-state index contributed by atoms with van der Waals surface area (Å²) in [5.74, 6) is 0.223. The molecule has 0 spiro atoms. The van der Waals surface area contributed by atoms with Crippen LogP contribution in [0.25, 0.3) is 10.9 Å². The van der Waals surface area contributed by atoms with Crippen LogP contribution in [0.3, 0.4) is 0 Å². The zero-order valence-corrected chi connectivity index (χ0v) is 20.6. The molecule has 3 aliphatic carbocycles. The minimum Gasteiger partial charge on any atom is -0.464 e. The fourth-order valence-corrected chi connectivity index (χ4v) is 5.77. The van der Waals surface area contributed by atoms with Crippen LogP contribution in [0.5, 0.6) is 0 Å². The Morgan fingerprint density at radius 2 is 1.91 bits per heavy atom. The van der Waals surface area contributed by atoms with Crippen LogP contribution in [0.2, 0.25) is 5.15 Å². The second kappa shape index (κ2) is 7.78. The predicted octanol–water partition coefficient (Wildman–Crippen LogP) is 4.07. The molecule has 3 aromatic rings. The number of carbonyl (C=O) groups is 1. The van der Waals surface area contributed by atoms with E-state index in [0.29, 0.717) is 16.6 Å². The van der Waals surface area contributed by atoms with Gasteiger partial charge in [0.1, 0.15) is 11.0 Å². The van der Waals surface area contributed by atoms with Gasteiger partial charge in [0.25, 0.3) is 5.56 Å². The number of hydrogen-bond acceptors (Lipinski definition) is 7. The Labute approximate surface area is 202 Å². The molecule has 6 rings (SSSR count). The number of fused-ring (bicyclic) bond motifs is 1. The topological polar surface area (TPSA) is 95.3 Å². The molecule has 0 radical (unpaired) electrons. The number of pyridine rings is 1. The molecule has 1 atom stereocenters. The summed E-state index contributed by atoms with van der Waals surface area (Å²) in [7, 11) is 4.85. The van der Waals surface area contributed by atoms with E-state index >= 15 is 0 Å². The summed E-state index contributed by atoms with van der Waals surface area (Å²) < 4.78 is 12.2. The maximum absolute atomic E-state index is 13.4. The highest BCUT2D eigenvalue weighted by molar-refractivity contribution is 6.29. The van der Waals surface area contributed by atoms with Gasteiger partial charge in [-0.3, -0.25) is 9.36 Å². The highest BCUT2D eigenvalue weighted by Crippen LogP contribution is 2.68. The monoisotopic (exact) mass is 482 g/mol. The molecule has 2 heterocycles. The van der Waals surface area contributed by atoms with E-state index in [4.69, 9.17) is 26.1 Å². The molecule has 1 N–H and O–H groups in total. The van der Waals surface area contributed by atoms with Gasteiger partial charge in [-0.05, 0) is 56.9 Å². The molecule has 34 heavy (non-hydrogen) atoms. The van der Waals surface area contributed by atoms with E-state index in [-0.39, 0.29) is 33.5 Å². The molecule has 0 unspecified atom stereocenters. The second-order valence-electron chi connectivity index (χ2n) is 9.64. The Kier molecular flexibility index (Phi) is 5.22. The third-order valence-electron chi connectivity index (χ3n) is 7.32. The van der Waals surface area contributed by atoms with Crippen molar-refractivity contribution in [3.8, 4) is 0 Å². The summed E-state index contributed by atoms with van der Waals surface area (Å²) in [6.45, 7) is 3.92. The van der Waals surface area contributed by atoms with E-state index in [1.165, 1.54) is 7.11 Å². The zero-order chi connectivity index (χ0) is 24.4. The average Bonchev–Trinajstić information content (AvgIpc) is 2.76. The minimum absolute atomic E-state index is 0.0521. The van der Waals surface area contributed by atoms with Crippen LogP contribution >= 0.6 is 11.6 Å². The van der Waals surface area contributed by atoms with E-state index < -0.39 is 5.97 Å². The van der Waals surface area contributed by atoms with E-state index in [1.807, 2.05) is 26.0 Å². The number of anilines is 1. The third kappa shape index (κ3) is 3.31. The number of methoxy groups -OCH3 is 2. The van der Waals surface area contributed by atoms with Crippen molar-refractivity contribution in [1.29, 1.82) is 0 Å². The molecule has 0 aliphatic heterocycles. The highest BCUT2D eigenvalue weighted by atomic mass is 35.5. The van der Waals surface area contributed by atoms with Crippen LogP contribution in [0.15, 0.2) is 29.1 Å². The first-order valence-electron chi connectivity index (χ1n) is 11.2. The Hall–Kier alpha value is -2.97. The van der Waals surface area contributed by atoms with Gasteiger partial charge in [-0.25, -0.2) is 14.8 Å². The number of aromatic nitrogens is 3. The first kappa shape index (κ1) is 22.8. The zero-order valence-electron chi connectivity index (χ0n) is 19.9. The van der Waals surface area contributed by atoms with Crippen LogP contribution in [0.4, 0.5) is 5.69 Å². The Morgan fingerprint density at radius 3 is 2.56 bits per heavy atom. The number of carbonyl (C=O) groups excluding carboxylic acids is 1. The van der Waals surface area contributed by atoms with Gasteiger partial charge in [-0.1, -0.05) is 17.7 Å². The molecule has 3 aliphatic rings. The number of hydrogen-bond donors (Lipinski definition) is 1. The second-order valence-corrected chi connectivity index (χ2v) is 10.0. The Balaban J connectivity index is 1.59. The lowest BCUT2D eigenvalue weighted by atomic mass is 9.40. The molecule has 2 bridgehead atoms. The summed E-state index contributed by atoms with van der Waals surface area (Å²) in [5, 5.41) is 4.11. The molecule has 1 aromatic carbocycles. The summed E-state index contributed by atoms with van der Waals surface area (Å²) in [5.41, 5.74) is 2.87. The van der Waals surface area contributed by atoms with Gasteiger partial charge in [0.05, 0.1) is 35.3 Å². The molecule has 9 heteroatoms. The van der Waals surface area contributed by atoms with Gasteiger partial charge in [0, 0.05) is 25.1 Å². The van der Waals surface area contributed by atoms with Crippen molar-refractivity contribution in [3.05, 3.63) is 62.4 Å². The molecule has 0 amide bonds. The average molecular weight is 483 g/mol. The lowest BCUT2D eigenvalue weighted by molar-refractivity contribution is -0.235. The number of nitrogens with zero attached hydrogens (tertiary/aromatic N) is 3. The molecule has 178 valence electrons. The van der Waals surface area contributed by atoms with Crippen molar-refractivity contribution < 1.29 is 14.3 Å². The highest BCUT2D eigenvalue weighted by Gasteiger charge is 2.71. The van der Waals surface area contributed by atoms with Crippen molar-refractivity contribution in [2.24, 2.45) is 7.05 Å². The van der Waals surface area contributed by atoms with E-state index in [9.17, 15) is 9.59 Å². The van der Waals surface area contributed by atoms with Crippen LogP contribution < -0.4 is 10.9 Å². The van der Waals surface area contributed by atoms with Gasteiger partial charge >= 0.3 is 5.97 Å². The van der Waals surface area contributed by atoms with Crippen molar-refractivity contribution in [2.75, 3.05) is 19.5 Å². The van der Waals surface area contributed by atoms with Crippen LogP contribution in [0.1, 0.15) is 59.7 Å². The standard InChI is InChI=1S/C25H27ClN4O4/c1-13-8-15(14(2)27-17-6-7-18(26)28-20(17)22(32)33-4)19-16(9-13)21(31)30(3)23(29-19)24-10-25(11-24,12-24)34-5/h6-9,14,27H,10-12H2,1-5H3/t14-,24?,25?/m1/s1. The molecule has 8 nitrogen and oxygen atoms in total. The van der Waals surface area contributed by atoms with E-state index in [1.54, 1.807) is 30.9 Å². The van der Waals surface area contributed by atoms with Crippen LogP contribution in [0, 0.1) is 6.92 Å². The van der Waals surface area contributed by atoms with Crippen molar-refractivity contribution >= 4 is 34.2 Å². The van der Waals surface area contributed by atoms with Gasteiger partial charge in [-0.2, -0.15) is 0 Å². The summed E-state index contributed by atoms with van der Waals surface area (Å²) in [6, 6.07) is 6.93. The van der Waals surface area contributed by atoms with E-state index in [0.717, 1.165) is 36.2 Å². The number of halogens is 1. The first-order chi connectivity index (χ1) is 16.1. The number of ether oxygens (including phenoxy) is 2. The van der Waals surface area contributed by atoms with Gasteiger partial charge in [-0.15, -0.1) is 0 Å². The Bertz CT molecular complexity index is 1380. The third-order valence-corrected chi connectivity index (χ3v) is 7.53. The number of esters is 1. The summed E-state index contributed by atoms with van der Waals surface area (Å²) in [4.78, 5) is 34.8. The fourth-order valence-electron chi connectivity index (χ4n) is 5.62. The number of aryl methyl sites for hydroxylation is 1. The maximum Gasteiger partial charge on any atom is 0.358 e. The van der Waals surface area contributed by atoms with Gasteiger partial charge < -0.3 is 14.8 Å². The van der Waals surface area contributed by atoms with E-state index in [2.05, 4.69) is 10.3 Å². The fraction of sp³-hybridized carbons (Fsp3) is 0.440. The lowest BCUT2D eigenvalue weighted by Crippen LogP contribution is -2.71. The van der Waals surface area contributed by atoms with Gasteiger partial charge in [0.15, 0.2) is 5.69 Å². The molecular formula is C25H27ClN4O4. The quantitative estimate of drug-likeness (QED) is 0.418. The maximum atomic E-state index is 13.4. The summed E-state index contributed by atoms with van der Waals surface area (Å²) in [6.07, 6.45) is 2.66. The van der Waals surface area contributed by atoms with Crippen LogP contribution in [-0.2, 0) is 21.9 Å². The predicted molar refractivity (Wildman–Crippen MR) is 130 cm³/mol. The van der Waals surface area contributed by atoms with Gasteiger partial charge in [0.2, 0.25) is 0 Å². The van der Waals surface area contributed by atoms with Crippen molar-refractivity contribution in [3.63, 3.8) is 0 Å². The number of benzene rings is 1. The largest absolute Gasteiger partial charge is 0.464 e. The summed E-state index contributed by atoms with van der Waals surface area (Å²) >= 11 is 6.00.